The summed E-state index contributed by atoms with van der Waals surface area (Å²) >= 11 is 0. The van der Waals surface area contributed by atoms with Crippen LogP contribution in [0.15, 0.2) is 42.5 Å². The highest BCUT2D eigenvalue weighted by Crippen LogP contribution is 2.22. The first-order valence-corrected chi connectivity index (χ1v) is 10.3. The van der Waals surface area contributed by atoms with Crippen LogP contribution in [-0.2, 0) is 19.6 Å². The average molecular weight is 408 g/mol. The summed E-state index contributed by atoms with van der Waals surface area (Å²) in [4.78, 5) is 24.3. The van der Waals surface area contributed by atoms with Crippen molar-refractivity contribution in [2.24, 2.45) is 0 Å². The Balaban J connectivity index is 2.25. The summed E-state index contributed by atoms with van der Waals surface area (Å²) in [6.07, 6.45) is 0.888. The monoisotopic (exact) mass is 408 g/mol. The van der Waals surface area contributed by atoms with Gasteiger partial charge in [0.1, 0.15) is 12.4 Å². The molecular weight excluding hydrogens is 387 g/mol. The summed E-state index contributed by atoms with van der Waals surface area (Å²) in [5.74, 6) is -1.99. The third-order valence-electron chi connectivity index (χ3n) is 3.83. The summed E-state index contributed by atoms with van der Waals surface area (Å²) in [6.45, 7) is 2.98. The quantitative estimate of drug-likeness (QED) is 0.711. The van der Waals surface area contributed by atoms with E-state index in [1.807, 2.05) is 0 Å². The zero-order valence-electron chi connectivity index (χ0n) is 15.7. The Morgan fingerprint density at radius 1 is 1.18 bits per heavy atom. The largest absolute Gasteiger partial charge is 0.462 e. The standard InChI is InChI=1S/C19H21FN2O5S/c1-4-27-19(24)14-10-9-13(2)16(11-14)21-18(23)12-22(28(3,25)26)17-8-6-5-7-15(17)20/h5-11H,4,12H2,1-3H3,(H,21,23). The highest BCUT2D eigenvalue weighted by atomic mass is 32.2. The maximum Gasteiger partial charge on any atom is 0.338 e. The van der Waals surface area contributed by atoms with Gasteiger partial charge in [-0.1, -0.05) is 18.2 Å². The molecule has 0 bridgehead atoms. The van der Waals surface area contributed by atoms with E-state index in [0.717, 1.165) is 12.3 Å². The Hall–Kier alpha value is -2.94. The van der Waals surface area contributed by atoms with Crippen LogP contribution in [0.2, 0.25) is 0 Å². The number of rotatable bonds is 7. The van der Waals surface area contributed by atoms with Crippen LogP contribution in [-0.4, -0.2) is 39.7 Å². The number of amides is 1. The number of sulfonamides is 1. The van der Waals surface area contributed by atoms with Crippen LogP contribution in [0, 0.1) is 12.7 Å². The van der Waals surface area contributed by atoms with E-state index in [1.165, 1.54) is 24.3 Å². The highest BCUT2D eigenvalue weighted by Gasteiger charge is 2.23. The first-order valence-electron chi connectivity index (χ1n) is 8.43. The van der Waals surface area contributed by atoms with Crippen LogP contribution in [0.1, 0.15) is 22.8 Å². The molecule has 0 saturated heterocycles. The second kappa shape index (κ2) is 8.83. The number of ether oxygens (including phenoxy) is 1. The summed E-state index contributed by atoms with van der Waals surface area (Å²) in [5.41, 5.74) is 1.02. The molecule has 0 aromatic heterocycles. The molecule has 9 heteroatoms. The third-order valence-corrected chi connectivity index (χ3v) is 4.96. The van der Waals surface area contributed by atoms with Gasteiger partial charge in [-0.25, -0.2) is 17.6 Å². The van der Waals surface area contributed by atoms with Gasteiger partial charge in [0, 0.05) is 5.69 Å². The van der Waals surface area contributed by atoms with Crippen molar-refractivity contribution in [3.63, 3.8) is 0 Å². The molecule has 0 aliphatic rings. The number of para-hydroxylation sites is 1. The summed E-state index contributed by atoms with van der Waals surface area (Å²) in [7, 11) is -3.91. The van der Waals surface area contributed by atoms with Gasteiger partial charge in [0.15, 0.2) is 0 Å². The Morgan fingerprint density at radius 3 is 2.46 bits per heavy atom. The highest BCUT2D eigenvalue weighted by molar-refractivity contribution is 7.92. The lowest BCUT2D eigenvalue weighted by Crippen LogP contribution is -2.38. The normalized spacial score (nSPS) is 11.0. The van der Waals surface area contributed by atoms with E-state index < -0.39 is 34.3 Å². The lowest BCUT2D eigenvalue weighted by atomic mass is 10.1. The van der Waals surface area contributed by atoms with Crippen molar-refractivity contribution in [3.8, 4) is 0 Å². The molecule has 0 saturated carbocycles. The SMILES string of the molecule is CCOC(=O)c1ccc(C)c(NC(=O)CN(c2ccccc2F)S(C)(=O)=O)c1. The minimum absolute atomic E-state index is 0.209. The molecule has 2 rings (SSSR count). The minimum Gasteiger partial charge on any atom is -0.462 e. The van der Waals surface area contributed by atoms with E-state index in [-0.39, 0.29) is 17.9 Å². The van der Waals surface area contributed by atoms with Crippen molar-refractivity contribution in [1.82, 2.24) is 0 Å². The van der Waals surface area contributed by atoms with E-state index in [1.54, 1.807) is 26.0 Å². The molecule has 7 nitrogen and oxygen atoms in total. The Morgan fingerprint density at radius 2 is 1.86 bits per heavy atom. The van der Waals surface area contributed by atoms with E-state index >= 15 is 0 Å². The van der Waals surface area contributed by atoms with Gasteiger partial charge in [-0.05, 0) is 43.7 Å². The third kappa shape index (κ3) is 5.29. The Kier molecular flexibility index (Phi) is 6.74. The van der Waals surface area contributed by atoms with Crippen molar-refractivity contribution in [1.29, 1.82) is 0 Å². The molecule has 1 N–H and O–H groups in total. The van der Waals surface area contributed by atoms with Crippen LogP contribution in [0.5, 0.6) is 0 Å². The minimum atomic E-state index is -3.91. The fourth-order valence-corrected chi connectivity index (χ4v) is 3.31. The van der Waals surface area contributed by atoms with Gasteiger partial charge in [0.2, 0.25) is 15.9 Å². The molecule has 150 valence electrons. The van der Waals surface area contributed by atoms with Gasteiger partial charge in [-0.3, -0.25) is 9.10 Å². The number of carbonyl (C=O) groups is 2. The van der Waals surface area contributed by atoms with Crippen LogP contribution in [0.25, 0.3) is 0 Å². The summed E-state index contributed by atoms with van der Waals surface area (Å²) in [6, 6.07) is 9.91. The first kappa shape index (κ1) is 21.4. The van der Waals surface area contributed by atoms with Gasteiger partial charge < -0.3 is 10.1 Å². The second-order valence-corrected chi connectivity index (χ2v) is 7.93. The number of halogens is 1. The molecule has 1 amide bonds. The topological polar surface area (TPSA) is 92.8 Å². The van der Waals surface area contributed by atoms with Gasteiger partial charge in [0.05, 0.1) is 24.1 Å². The lowest BCUT2D eigenvalue weighted by molar-refractivity contribution is -0.114. The van der Waals surface area contributed by atoms with Gasteiger partial charge in [-0.15, -0.1) is 0 Å². The van der Waals surface area contributed by atoms with Gasteiger partial charge in [0.25, 0.3) is 0 Å². The van der Waals surface area contributed by atoms with Gasteiger partial charge in [-0.2, -0.15) is 0 Å². The molecule has 0 fully saturated rings. The molecule has 2 aromatic rings. The molecule has 2 aromatic carbocycles. The number of aryl methyl sites for hydroxylation is 1. The molecule has 28 heavy (non-hydrogen) atoms. The number of esters is 1. The van der Waals surface area contributed by atoms with Crippen LogP contribution >= 0.6 is 0 Å². The number of nitrogens with zero attached hydrogens (tertiary/aromatic N) is 1. The van der Waals surface area contributed by atoms with Crippen LogP contribution in [0.3, 0.4) is 0 Å². The number of nitrogens with one attached hydrogen (secondary N) is 1. The Labute approximate surface area is 163 Å². The fraction of sp³-hybridized carbons (Fsp3) is 0.263. The zero-order chi connectivity index (χ0) is 20.9. The van der Waals surface area contributed by atoms with Crippen molar-refractivity contribution in [2.75, 3.05) is 29.0 Å². The number of anilines is 2. The number of hydrogen-bond acceptors (Lipinski definition) is 5. The van der Waals surface area contributed by atoms with E-state index in [0.29, 0.717) is 15.6 Å². The molecule has 0 aliphatic carbocycles. The molecule has 0 unspecified atom stereocenters. The lowest BCUT2D eigenvalue weighted by Gasteiger charge is -2.22. The first-order chi connectivity index (χ1) is 13.1. The summed E-state index contributed by atoms with van der Waals surface area (Å²) < 4.78 is 43.8. The average Bonchev–Trinajstić information content (AvgIpc) is 2.61. The van der Waals surface area contributed by atoms with Gasteiger partial charge >= 0.3 is 5.97 Å². The molecule has 0 heterocycles. The Bertz CT molecular complexity index is 992. The maximum atomic E-state index is 14.0. The molecule has 0 atom stereocenters. The van der Waals surface area contributed by atoms with Crippen molar-refractivity contribution >= 4 is 33.3 Å². The number of hydrogen-bond donors (Lipinski definition) is 1. The molecule has 0 aliphatic heterocycles. The predicted molar refractivity (Wildman–Crippen MR) is 104 cm³/mol. The smallest absolute Gasteiger partial charge is 0.338 e. The molecule has 0 radical (unpaired) electrons. The fourth-order valence-electron chi connectivity index (χ4n) is 2.45. The second-order valence-electron chi connectivity index (χ2n) is 6.02. The van der Waals surface area contributed by atoms with Crippen molar-refractivity contribution in [3.05, 3.63) is 59.4 Å². The van der Waals surface area contributed by atoms with Crippen LogP contribution in [0.4, 0.5) is 15.8 Å². The van der Waals surface area contributed by atoms with E-state index in [4.69, 9.17) is 4.74 Å². The number of benzene rings is 2. The molecular formula is C19H21FN2O5S. The van der Waals surface area contributed by atoms with Crippen LogP contribution < -0.4 is 9.62 Å². The summed E-state index contributed by atoms with van der Waals surface area (Å²) in [5, 5.41) is 2.56. The van der Waals surface area contributed by atoms with Crippen molar-refractivity contribution < 1.29 is 27.1 Å². The van der Waals surface area contributed by atoms with E-state index in [2.05, 4.69) is 5.32 Å². The number of carbonyl (C=O) groups excluding carboxylic acids is 2. The van der Waals surface area contributed by atoms with E-state index in [9.17, 15) is 22.4 Å². The zero-order valence-corrected chi connectivity index (χ0v) is 16.5. The predicted octanol–water partition coefficient (Wildman–Crippen LogP) is 2.72. The maximum absolute atomic E-state index is 14.0. The molecule has 0 spiro atoms. The van der Waals surface area contributed by atoms with Crippen molar-refractivity contribution in [2.45, 2.75) is 13.8 Å².